The van der Waals surface area contributed by atoms with Gasteiger partial charge in [0.25, 0.3) is 0 Å². The summed E-state index contributed by atoms with van der Waals surface area (Å²) in [7, 11) is 0. The molecule has 0 saturated carbocycles. The third kappa shape index (κ3) is 2.79. The molecule has 2 rings (SSSR count). The number of rotatable bonds is 3. The van der Waals surface area contributed by atoms with E-state index < -0.39 is 0 Å². The van der Waals surface area contributed by atoms with Crippen molar-refractivity contribution in [1.29, 1.82) is 0 Å². The molecule has 0 aliphatic heterocycles. The van der Waals surface area contributed by atoms with Crippen molar-refractivity contribution < 1.29 is 4.74 Å². The molecule has 0 saturated heterocycles. The quantitative estimate of drug-likeness (QED) is 0.800. The molecule has 2 aromatic heterocycles. The Morgan fingerprint density at radius 2 is 2.11 bits per heavy atom. The summed E-state index contributed by atoms with van der Waals surface area (Å²) in [5.74, 6) is 1.06. The first kappa shape index (κ1) is 13.2. The van der Waals surface area contributed by atoms with Gasteiger partial charge in [-0.2, -0.15) is 0 Å². The van der Waals surface area contributed by atoms with E-state index in [1.54, 1.807) is 0 Å². The number of aromatic nitrogens is 3. The van der Waals surface area contributed by atoms with E-state index in [0.717, 1.165) is 17.8 Å². The van der Waals surface area contributed by atoms with Crippen LogP contribution in [0.5, 0.6) is 11.6 Å². The number of hydrogen-bond acceptors (Lipinski definition) is 4. The van der Waals surface area contributed by atoms with Gasteiger partial charge >= 0.3 is 0 Å². The number of nitrogens with zero attached hydrogens (tertiary/aromatic N) is 3. The molecule has 0 fully saturated rings. The van der Waals surface area contributed by atoms with Crippen LogP contribution in [-0.4, -0.2) is 15.0 Å². The maximum Gasteiger partial charge on any atom is 0.238 e. The van der Waals surface area contributed by atoms with Crippen LogP contribution in [0.4, 0.5) is 0 Å². The summed E-state index contributed by atoms with van der Waals surface area (Å²) < 4.78 is 6.26. The molecule has 0 bridgehead atoms. The first-order chi connectivity index (χ1) is 8.61. The molecule has 0 amide bonds. The van der Waals surface area contributed by atoms with E-state index in [1.807, 2.05) is 26.0 Å². The van der Waals surface area contributed by atoms with Crippen LogP contribution in [0.3, 0.4) is 0 Å². The first-order valence-corrected chi connectivity index (χ1v) is 6.59. The predicted molar refractivity (Wildman–Crippen MR) is 73.2 cm³/mol. The van der Waals surface area contributed by atoms with Crippen LogP contribution in [0, 0.1) is 6.92 Å². The molecular formula is C12H11BrClN3O. The fourth-order valence-corrected chi connectivity index (χ4v) is 1.86. The van der Waals surface area contributed by atoms with Crippen LogP contribution < -0.4 is 4.74 Å². The minimum atomic E-state index is 0.318. The highest BCUT2D eigenvalue weighted by Crippen LogP contribution is 2.32. The second-order valence-corrected chi connectivity index (χ2v) is 4.79. The van der Waals surface area contributed by atoms with Gasteiger partial charge in [0.1, 0.15) is 10.8 Å². The standard InChI is InChI=1S/C12H11BrClN3O/c1-3-8-9(5-4-7(2)17-8)18-12-10(13)11(14)15-6-16-12/h4-6H,3H2,1-2H3. The SMILES string of the molecule is CCc1nc(C)ccc1Oc1ncnc(Cl)c1Br. The van der Waals surface area contributed by atoms with Gasteiger partial charge in [-0.1, -0.05) is 18.5 Å². The lowest BCUT2D eigenvalue weighted by Gasteiger charge is -2.10. The van der Waals surface area contributed by atoms with Crippen LogP contribution in [-0.2, 0) is 6.42 Å². The van der Waals surface area contributed by atoms with Gasteiger partial charge in [0.05, 0.1) is 5.69 Å². The van der Waals surface area contributed by atoms with Gasteiger partial charge in [-0.25, -0.2) is 9.97 Å². The van der Waals surface area contributed by atoms with Crippen molar-refractivity contribution in [2.75, 3.05) is 0 Å². The Morgan fingerprint density at radius 3 is 2.83 bits per heavy atom. The minimum Gasteiger partial charge on any atom is -0.436 e. The predicted octanol–water partition coefficient (Wildman–Crippen LogP) is 3.95. The van der Waals surface area contributed by atoms with Crippen molar-refractivity contribution in [2.45, 2.75) is 20.3 Å². The first-order valence-electron chi connectivity index (χ1n) is 5.42. The van der Waals surface area contributed by atoms with Crippen LogP contribution in [0.15, 0.2) is 22.9 Å². The number of hydrogen-bond donors (Lipinski definition) is 0. The lowest BCUT2D eigenvalue weighted by atomic mass is 10.2. The van der Waals surface area contributed by atoms with Gasteiger partial charge in [0.2, 0.25) is 5.88 Å². The Morgan fingerprint density at radius 1 is 1.33 bits per heavy atom. The Balaban J connectivity index is 2.37. The molecule has 0 unspecified atom stereocenters. The summed E-state index contributed by atoms with van der Waals surface area (Å²) in [6, 6.07) is 3.77. The molecule has 2 heterocycles. The number of pyridine rings is 1. The summed E-state index contributed by atoms with van der Waals surface area (Å²) in [6.07, 6.45) is 2.14. The second kappa shape index (κ2) is 5.63. The van der Waals surface area contributed by atoms with E-state index in [9.17, 15) is 0 Å². The van der Waals surface area contributed by atoms with Crippen molar-refractivity contribution in [3.63, 3.8) is 0 Å². The fraction of sp³-hybridized carbons (Fsp3) is 0.250. The Bertz CT molecular complexity index is 577. The largest absolute Gasteiger partial charge is 0.436 e. The molecule has 0 aliphatic carbocycles. The Hall–Kier alpha value is -1.20. The van der Waals surface area contributed by atoms with Gasteiger partial charge in [0.15, 0.2) is 10.9 Å². The van der Waals surface area contributed by atoms with Gasteiger partial charge in [-0.3, -0.25) is 4.98 Å². The topological polar surface area (TPSA) is 47.9 Å². The summed E-state index contributed by atoms with van der Waals surface area (Å²) in [5, 5.41) is 0.318. The van der Waals surface area contributed by atoms with Gasteiger partial charge in [-0.05, 0) is 41.4 Å². The minimum absolute atomic E-state index is 0.318. The van der Waals surface area contributed by atoms with Crippen LogP contribution in [0.25, 0.3) is 0 Å². The zero-order valence-corrected chi connectivity index (χ0v) is 12.3. The van der Waals surface area contributed by atoms with E-state index in [4.69, 9.17) is 16.3 Å². The zero-order valence-electron chi connectivity index (χ0n) is 9.94. The molecule has 6 heteroatoms. The third-order valence-corrected chi connectivity index (χ3v) is 3.56. The molecule has 18 heavy (non-hydrogen) atoms. The summed E-state index contributed by atoms with van der Waals surface area (Å²) in [4.78, 5) is 12.3. The zero-order chi connectivity index (χ0) is 13.1. The average molecular weight is 329 g/mol. The lowest BCUT2D eigenvalue weighted by Crippen LogP contribution is -1.98. The van der Waals surface area contributed by atoms with Gasteiger partial charge < -0.3 is 4.74 Å². The smallest absolute Gasteiger partial charge is 0.238 e. The molecule has 94 valence electrons. The Kier molecular flexibility index (Phi) is 4.14. The number of ether oxygens (including phenoxy) is 1. The molecule has 0 aliphatic rings. The Labute approximate surface area is 119 Å². The normalized spacial score (nSPS) is 10.4. The van der Waals surface area contributed by atoms with Crippen molar-refractivity contribution >= 4 is 27.5 Å². The molecule has 0 atom stereocenters. The van der Waals surface area contributed by atoms with E-state index >= 15 is 0 Å². The van der Waals surface area contributed by atoms with E-state index in [-0.39, 0.29) is 0 Å². The van der Waals surface area contributed by atoms with Crippen LogP contribution in [0.2, 0.25) is 5.15 Å². The van der Waals surface area contributed by atoms with Crippen molar-refractivity contribution in [3.8, 4) is 11.6 Å². The molecule has 2 aromatic rings. The summed E-state index contributed by atoms with van der Waals surface area (Å²) >= 11 is 9.18. The number of halogens is 2. The van der Waals surface area contributed by atoms with E-state index in [0.29, 0.717) is 21.3 Å². The molecule has 0 radical (unpaired) electrons. The van der Waals surface area contributed by atoms with Crippen molar-refractivity contribution in [1.82, 2.24) is 15.0 Å². The summed E-state index contributed by atoms with van der Waals surface area (Å²) in [5.41, 5.74) is 1.84. The van der Waals surface area contributed by atoms with E-state index in [2.05, 4.69) is 30.9 Å². The van der Waals surface area contributed by atoms with Crippen molar-refractivity contribution in [3.05, 3.63) is 39.5 Å². The molecule has 0 aromatic carbocycles. The van der Waals surface area contributed by atoms with Gasteiger partial charge in [0, 0.05) is 5.69 Å². The molecule has 0 spiro atoms. The van der Waals surface area contributed by atoms with Crippen LogP contribution in [0.1, 0.15) is 18.3 Å². The second-order valence-electron chi connectivity index (χ2n) is 3.64. The third-order valence-electron chi connectivity index (χ3n) is 2.33. The molecule has 4 nitrogen and oxygen atoms in total. The molecule has 0 N–H and O–H groups in total. The highest BCUT2D eigenvalue weighted by atomic mass is 79.9. The van der Waals surface area contributed by atoms with Crippen LogP contribution >= 0.6 is 27.5 Å². The summed E-state index contributed by atoms with van der Waals surface area (Å²) in [6.45, 7) is 3.97. The fourth-order valence-electron chi connectivity index (χ4n) is 1.45. The lowest BCUT2D eigenvalue weighted by molar-refractivity contribution is 0.449. The maximum absolute atomic E-state index is 5.89. The highest BCUT2D eigenvalue weighted by Gasteiger charge is 2.11. The average Bonchev–Trinajstić information content (AvgIpc) is 2.37. The molecular weight excluding hydrogens is 318 g/mol. The van der Waals surface area contributed by atoms with Crippen molar-refractivity contribution in [2.24, 2.45) is 0 Å². The van der Waals surface area contributed by atoms with E-state index in [1.165, 1.54) is 6.33 Å². The van der Waals surface area contributed by atoms with Gasteiger partial charge in [-0.15, -0.1) is 0 Å². The monoisotopic (exact) mass is 327 g/mol. The highest BCUT2D eigenvalue weighted by molar-refractivity contribution is 9.10. The number of aryl methyl sites for hydroxylation is 2. The maximum atomic E-state index is 5.89.